The Labute approximate surface area is 113 Å². The highest BCUT2D eigenvalue weighted by Gasteiger charge is 2.09. The van der Waals surface area contributed by atoms with Gasteiger partial charge in [-0.15, -0.1) is 12.4 Å². The van der Waals surface area contributed by atoms with E-state index >= 15 is 0 Å². The van der Waals surface area contributed by atoms with Gasteiger partial charge in [-0.05, 0) is 12.1 Å². The predicted molar refractivity (Wildman–Crippen MR) is 73.1 cm³/mol. The highest BCUT2D eigenvalue weighted by Crippen LogP contribution is 1.95. The van der Waals surface area contributed by atoms with Gasteiger partial charge >= 0.3 is 0 Å². The molecular weight excluding hydrogens is 252 g/mol. The van der Waals surface area contributed by atoms with Gasteiger partial charge in [-0.2, -0.15) is 0 Å². The maximum atomic E-state index is 11.7. The second kappa shape index (κ2) is 8.02. The van der Waals surface area contributed by atoms with Crippen molar-refractivity contribution in [3.63, 3.8) is 0 Å². The van der Waals surface area contributed by atoms with Crippen LogP contribution in [0.2, 0.25) is 0 Å². The number of piperazine rings is 1. The molecule has 0 radical (unpaired) electrons. The van der Waals surface area contributed by atoms with Gasteiger partial charge in [0, 0.05) is 51.7 Å². The normalized spacial score (nSPS) is 15.8. The topological polar surface area (TPSA) is 57.3 Å². The van der Waals surface area contributed by atoms with Gasteiger partial charge in [-0.1, -0.05) is 0 Å². The first-order chi connectivity index (χ1) is 8.36. The second-order valence-electron chi connectivity index (χ2n) is 4.09. The maximum Gasteiger partial charge on any atom is 0.252 e. The molecule has 2 rings (SSSR count). The third kappa shape index (κ3) is 4.60. The summed E-state index contributed by atoms with van der Waals surface area (Å²) in [4.78, 5) is 18.0. The summed E-state index contributed by atoms with van der Waals surface area (Å²) >= 11 is 0. The summed E-state index contributed by atoms with van der Waals surface area (Å²) < 4.78 is 0. The Hall–Kier alpha value is -1.17. The first-order valence-corrected chi connectivity index (χ1v) is 5.97. The summed E-state index contributed by atoms with van der Waals surface area (Å²) in [5.41, 5.74) is 0.618. The number of hydrogen-bond acceptors (Lipinski definition) is 4. The van der Waals surface area contributed by atoms with Crippen molar-refractivity contribution in [3.8, 4) is 0 Å². The number of nitrogens with zero attached hydrogens (tertiary/aromatic N) is 2. The lowest BCUT2D eigenvalue weighted by atomic mass is 10.2. The average Bonchev–Trinajstić information content (AvgIpc) is 2.41. The molecule has 6 heteroatoms. The van der Waals surface area contributed by atoms with Gasteiger partial charge < -0.3 is 10.6 Å². The summed E-state index contributed by atoms with van der Waals surface area (Å²) in [6, 6.07) is 3.54. The summed E-state index contributed by atoms with van der Waals surface area (Å²) in [5, 5.41) is 6.21. The van der Waals surface area contributed by atoms with E-state index in [1.54, 1.807) is 24.5 Å². The quantitative estimate of drug-likeness (QED) is 0.817. The van der Waals surface area contributed by atoms with Crippen molar-refractivity contribution < 1.29 is 4.79 Å². The molecule has 0 spiro atoms. The minimum Gasteiger partial charge on any atom is -0.351 e. The van der Waals surface area contributed by atoms with Gasteiger partial charge in [-0.25, -0.2) is 0 Å². The fraction of sp³-hybridized carbons (Fsp3) is 0.500. The highest BCUT2D eigenvalue weighted by molar-refractivity contribution is 5.93. The summed E-state index contributed by atoms with van der Waals surface area (Å²) in [5.74, 6) is -0.0479. The van der Waals surface area contributed by atoms with E-state index < -0.39 is 0 Å². The van der Waals surface area contributed by atoms with E-state index in [9.17, 15) is 4.79 Å². The van der Waals surface area contributed by atoms with E-state index in [0.717, 1.165) is 32.7 Å². The maximum absolute atomic E-state index is 11.7. The van der Waals surface area contributed by atoms with Crippen LogP contribution in [0.25, 0.3) is 0 Å². The molecule has 0 unspecified atom stereocenters. The standard InChI is InChI=1S/C12H18N4O.ClH/c17-12(11-2-1-3-14-10-11)15-6-9-16-7-4-13-5-8-16;/h1-3,10,13H,4-9H2,(H,15,17);1H. The van der Waals surface area contributed by atoms with Crippen molar-refractivity contribution in [1.29, 1.82) is 0 Å². The molecule has 1 aliphatic rings. The van der Waals surface area contributed by atoms with Crippen molar-refractivity contribution in [2.45, 2.75) is 0 Å². The van der Waals surface area contributed by atoms with Crippen LogP contribution in [0.1, 0.15) is 10.4 Å². The van der Waals surface area contributed by atoms with Crippen LogP contribution in [0.15, 0.2) is 24.5 Å². The number of pyridine rings is 1. The van der Waals surface area contributed by atoms with Crippen molar-refractivity contribution in [2.75, 3.05) is 39.3 Å². The number of nitrogens with one attached hydrogen (secondary N) is 2. The van der Waals surface area contributed by atoms with Crippen LogP contribution in [0, 0.1) is 0 Å². The summed E-state index contributed by atoms with van der Waals surface area (Å²) in [7, 11) is 0. The first kappa shape index (κ1) is 14.9. The lowest BCUT2D eigenvalue weighted by Gasteiger charge is -2.27. The molecule has 1 aromatic heterocycles. The molecule has 0 aliphatic carbocycles. The third-order valence-corrected chi connectivity index (χ3v) is 2.85. The second-order valence-corrected chi connectivity index (χ2v) is 4.09. The zero-order chi connectivity index (χ0) is 11.9. The Morgan fingerprint density at radius 2 is 2.22 bits per heavy atom. The third-order valence-electron chi connectivity index (χ3n) is 2.85. The van der Waals surface area contributed by atoms with Crippen LogP contribution < -0.4 is 10.6 Å². The molecule has 0 aromatic carbocycles. The fourth-order valence-corrected chi connectivity index (χ4v) is 1.86. The predicted octanol–water partition coefficient (Wildman–Crippen LogP) is 0.138. The number of hydrogen-bond donors (Lipinski definition) is 2. The molecule has 1 aromatic rings. The SMILES string of the molecule is Cl.O=C(NCCN1CCNCC1)c1cccnc1. The van der Waals surface area contributed by atoms with Crippen molar-refractivity contribution in [2.24, 2.45) is 0 Å². The van der Waals surface area contributed by atoms with Crippen molar-refractivity contribution >= 4 is 18.3 Å². The Bertz CT molecular complexity index is 354. The molecule has 1 amide bonds. The van der Waals surface area contributed by atoms with E-state index in [0.29, 0.717) is 12.1 Å². The molecule has 100 valence electrons. The van der Waals surface area contributed by atoms with Gasteiger partial charge in [-0.3, -0.25) is 14.7 Å². The lowest BCUT2D eigenvalue weighted by molar-refractivity contribution is 0.0947. The molecule has 18 heavy (non-hydrogen) atoms. The van der Waals surface area contributed by atoms with E-state index in [4.69, 9.17) is 0 Å². The number of halogens is 1. The van der Waals surface area contributed by atoms with Crippen molar-refractivity contribution in [3.05, 3.63) is 30.1 Å². The Morgan fingerprint density at radius 3 is 2.89 bits per heavy atom. The summed E-state index contributed by atoms with van der Waals surface area (Å²) in [6.45, 7) is 5.79. The van der Waals surface area contributed by atoms with Gasteiger partial charge in [0.15, 0.2) is 0 Å². The van der Waals surface area contributed by atoms with Gasteiger partial charge in [0.1, 0.15) is 0 Å². The average molecular weight is 271 g/mol. The molecule has 1 fully saturated rings. The lowest BCUT2D eigenvalue weighted by Crippen LogP contribution is -2.46. The highest BCUT2D eigenvalue weighted by atomic mass is 35.5. The van der Waals surface area contributed by atoms with E-state index in [-0.39, 0.29) is 18.3 Å². The minimum atomic E-state index is -0.0479. The molecule has 1 saturated heterocycles. The molecule has 0 atom stereocenters. The van der Waals surface area contributed by atoms with Gasteiger partial charge in [0.25, 0.3) is 5.91 Å². The molecule has 2 heterocycles. The molecule has 5 nitrogen and oxygen atoms in total. The summed E-state index contributed by atoms with van der Waals surface area (Å²) in [6.07, 6.45) is 3.25. The fourth-order valence-electron chi connectivity index (χ4n) is 1.86. The number of carbonyl (C=O) groups is 1. The zero-order valence-electron chi connectivity index (χ0n) is 10.3. The molecule has 1 aliphatic heterocycles. The van der Waals surface area contributed by atoms with Crippen LogP contribution >= 0.6 is 12.4 Å². The first-order valence-electron chi connectivity index (χ1n) is 5.97. The van der Waals surface area contributed by atoms with Crippen molar-refractivity contribution in [1.82, 2.24) is 20.5 Å². The smallest absolute Gasteiger partial charge is 0.252 e. The number of amides is 1. The Kier molecular flexibility index (Phi) is 6.64. The number of carbonyl (C=O) groups excluding carboxylic acids is 1. The van der Waals surface area contributed by atoms with Gasteiger partial charge in [0.2, 0.25) is 0 Å². The molecule has 0 saturated carbocycles. The van der Waals surface area contributed by atoms with Crippen LogP contribution in [0.3, 0.4) is 0 Å². The zero-order valence-corrected chi connectivity index (χ0v) is 11.1. The number of aromatic nitrogens is 1. The molecular formula is C12H19ClN4O. The molecule has 2 N–H and O–H groups in total. The van der Waals surface area contributed by atoms with Gasteiger partial charge in [0.05, 0.1) is 5.56 Å². The number of rotatable bonds is 4. The van der Waals surface area contributed by atoms with E-state index in [1.165, 1.54) is 0 Å². The Morgan fingerprint density at radius 1 is 1.44 bits per heavy atom. The Balaban J connectivity index is 0.00000162. The minimum absolute atomic E-state index is 0. The molecule has 0 bridgehead atoms. The van der Waals surface area contributed by atoms with Crippen LogP contribution in [0.4, 0.5) is 0 Å². The van der Waals surface area contributed by atoms with Crippen LogP contribution in [-0.4, -0.2) is 55.1 Å². The van der Waals surface area contributed by atoms with E-state index in [1.807, 2.05) is 0 Å². The largest absolute Gasteiger partial charge is 0.351 e. The van der Waals surface area contributed by atoms with Crippen LogP contribution in [-0.2, 0) is 0 Å². The van der Waals surface area contributed by atoms with E-state index in [2.05, 4.69) is 20.5 Å². The monoisotopic (exact) mass is 270 g/mol. The van der Waals surface area contributed by atoms with Crippen LogP contribution in [0.5, 0.6) is 0 Å².